The Bertz CT molecular complexity index is 411. The van der Waals surface area contributed by atoms with Gasteiger partial charge in [-0.05, 0) is 31.9 Å². The van der Waals surface area contributed by atoms with Gasteiger partial charge >= 0.3 is 0 Å². The molecule has 1 saturated heterocycles. The van der Waals surface area contributed by atoms with Gasteiger partial charge in [-0.15, -0.1) is 0 Å². The Hall–Kier alpha value is -1.39. The van der Waals surface area contributed by atoms with Crippen molar-refractivity contribution in [1.29, 1.82) is 0 Å². The summed E-state index contributed by atoms with van der Waals surface area (Å²) in [5, 5.41) is 16.1. The van der Waals surface area contributed by atoms with E-state index in [2.05, 4.69) is 10.6 Å². The van der Waals surface area contributed by atoms with Crippen LogP contribution < -0.4 is 10.6 Å². The van der Waals surface area contributed by atoms with Crippen molar-refractivity contribution in [2.75, 3.05) is 13.1 Å². The van der Waals surface area contributed by atoms with E-state index in [1.54, 1.807) is 0 Å². The van der Waals surface area contributed by atoms with Gasteiger partial charge in [0.2, 0.25) is 5.91 Å². The Balaban J connectivity index is 1.74. The molecule has 1 aliphatic heterocycles. The first-order valence-corrected chi connectivity index (χ1v) is 6.90. The first-order valence-electron chi connectivity index (χ1n) is 6.90. The van der Waals surface area contributed by atoms with Gasteiger partial charge in [-0.25, -0.2) is 0 Å². The van der Waals surface area contributed by atoms with Crippen molar-refractivity contribution in [3.05, 3.63) is 35.4 Å². The third-order valence-corrected chi connectivity index (χ3v) is 3.55. The van der Waals surface area contributed by atoms with E-state index in [1.807, 2.05) is 31.2 Å². The summed E-state index contributed by atoms with van der Waals surface area (Å²) >= 11 is 0. The van der Waals surface area contributed by atoms with Crippen molar-refractivity contribution in [2.24, 2.45) is 0 Å². The molecule has 0 radical (unpaired) electrons. The molecule has 0 aliphatic carbocycles. The van der Waals surface area contributed by atoms with E-state index in [0.29, 0.717) is 12.5 Å². The van der Waals surface area contributed by atoms with E-state index in [4.69, 9.17) is 0 Å². The van der Waals surface area contributed by atoms with Gasteiger partial charge in [0.15, 0.2) is 0 Å². The van der Waals surface area contributed by atoms with E-state index in [0.717, 1.165) is 30.5 Å². The molecule has 104 valence electrons. The van der Waals surface area contributed by atoms with E-state index in [-0.39, 0.29) is 12.5 Å². The van der Waals surface area contributed by atoms with Crippen LogP contribution >= 0.6 is 0 Å². The van der Waals surface area contributed by atoms with Crippen molar-refractivity contribution >= 4 is 5.91 Å². The summed E-state index contributed by atoms with van der Waals surface area (Å²) in [6, 6.07) is 8.01. The Kier molecular flexibility index (Phi) is 4.93. The minimum Gasteiger partial charge on any atom is -0.387 e. The molecule has 4 heteroatoms. The van der Waals surface area contributed by atoms with Gasteiger partial charge in [0.1, 0.15) is 0 Å². The Morgan fingerprint density at radius 3 is 2.84 bits per heavy atom. The average Bonchev–Trinajstić information content (AvgIpc) is 2.89. The second-order valence-electron chi connectivity index (χ2n) is 5.23. The molecule has 3 N–H and O–H groups in total. The molecule has 0 aromatic heterocycles. The molecule has 1 aromatic rings. The van der Waals surface area contributed by atoms with Crippen LogP contribution in [0.3, 0.4) is 0 Å². The lowest BCUT2D eigenvalue weighted by atomic mass is 10.1. The Labute approximate surface area is 114 Å². The topological polar surface area (TPSA) is 61.4 Å². The van der Waals surface area contributed by atoms with Crippen LogP contribution in [0.5, 0.6) is 0 Å². The first-order chi connectivity index (χ1) is 9.15. The zero-order valence-corrected chi connectivity index (χ0v) is 11.4. The molecule has 1 amide bonds. The third kappa shape index (κ3) is 4.33. The molecule has 2 rings (SSSR count). The Morgan fingerprint density at radius 1 is 1.47 bits per heavy atom. The molecular formula is C15H22N2O2. The fourth-order valence-electron chi connectivity index (χ4n) is 2.34. The SMILES string of the molecule is Cc1ccc(C(O)CNC(=O)CC2CCCN2)cc1. The zero-order valence-electron chi connectivity index (χ0n) is 11.4. The van der Waals surface area contributed by atoms with Gasteiger partial charge in [-0.2, -0.15) is 0 Å². The monoisotopic (exact) mass is 262 g/mol. The zero-order chi connectivity index (χ0) is 13.7. The molecule has 1 aromatic carbocycles. The summed E-state index contributed by atoms with van der Waals surface area (Å²) in [4.78, 5) is 11.7. The van der Waals surface area contributed by atoms with Gasteiger partial charge in [0.05, 0.1) is 6.10 Å². The van der Waals surface area contributed by atoms with E-state index in [9.17, 15) is 9.90 Å². The third-order valence-electron chi connectivity index (χ3n) is 3.55. The van der Waals surface area contributed by atoms with Crippen LogP contribution in [0.4, 0.5) is 0 Å². The number of aliphatic hydroxyl groups excluding tert-OH is 1. The molecule has 0 bridgehead atoms. The first kappa shape index (κ1) is 14.0. The highest BCUT2D eigenvalue weighted by Crippen LogP contribution is 2.13. The minimum absolute atomic E-state index is 0.00515. The molecular weight excluding hydrogens is 240 g/mol. The number of aliphatic hydroxyl groups is 1. The van der Waals surface area contributed by atoms with Gasteiger partial charge in [0.25, 0.3) is 0 Å². The van der Waals surface area contributed by atoms with Crippen LogP contribution in [0.25, 0.3) is 0 Å². The summed E-state index contributed by atoms with van der Waals surface area (Å²) in [6.07, 6.45) is 2.07. The lowest BCUT2D eigenvalue weighted by Crippen LogP contribution is -2.34. The van der Waals surface area contributed by atoms with Crippen LogP contribution in [0.2, 0.25) is 0 Å². The smallest absolute Gasteiger partial charge is 0.221 e. The normalized spacial score (nSPS) is 20.2. The van der Waals surface area contributed by atoms with Crippen molar-refractivity contribution in [3.63, 3.8) is 0 Å². The van der Waals surface area contributed by atoms with Crippen molar-refractivity contribution < 1.29 is 9.90 Å². The van der Waals surface area contributed by atoms with Crippen LogP contribution in [-0.4, -0.2) is 30.1 Å². The predicted molar refractivity (Wildman–Crippen MR) is 74.8 cm³/mol. The fourth-order valence-corrected chi connectivity index (χ4v) is 2.34. The van der Waals surface area contributed by atoms with E-state index >= 15 is 0 Å². The number of carbonyl (C=O) groups is 1. The maximum absolute atomic E-state index is 11.7. The second-order valence-corrected chi connectivity index (χ2v) is 5.23. The lowest BCUT2D eigenvalue weighted by molar-refractivity contribution is -0.122. The molecule has 2 atom stereocenters. The number of nitrogens with one attached hydrogen (secondary N) is 2. The molecule has 1 aliphatic rings. The summed E-state index contributed by atoms with van der Waals surface area (Å²) in [5.41, 5.74) is 2.00. The highest BCUT2D eigenvalue weighted by Gasteiger charge is 2.18. The van der Waals surface area contributed by atoms with Gasteiger partial charge in [-0.1, -0.05) is 29.8 Å². The highest BCUT2D eigenvalue weighted by atomic mass is 16.3. The Morgan fingerprint density at radius 2 is 2.21 bits per heavy atom. The van der Waals surface area contributed by atoms with Gasteiger partial charge in [0, 0.05) is 19.0 Å². The molecule has 1 fully saturated rings. The fraction of sp³-hybridized carbons (Fsp3) is 0.533. The van der Waals surface area contributed by atoms with Crippen LogP contribution in [0, 0.1) is 6.92 Å². The maximum Gasteiger partial charge on any atom is 0.221 e. The summed E-state index contributed by atoms with van der Waals surface area (Å²) in [6.45, 7) is 3.28. The number of hydrogen-bond acceptors (Lipinski definition) is 3. The molecule has 0 saturated carbocycles. The molecule has 1 heterocycles. The second kappa shape index (κ2) is 6.68. The average molecular weight is 262 g/mol. The van der Waals surface area contributed by atoms with E-state index < -0.39 is 6.10 Å². The van der Waals surface area contributed by atoms with Gasteiger partial charge < -0.3 is 15.7 Å². The van der Waals surface area contributed by atoms with Crippen LogP contribution in [0.1, 0.15) is 36.5 Å². The quantitative estimate of drug-likeness (QED) is 0.749. The predicted octanol–water partition coefficient (Wildman–Crippen LogP) is 1.29. The minimum atomic E-state index is -0.638. The van der Waals surface area contributed by atoms with Gasteiger partial charge in [-0.3, -0.25) is 4.79 Å². The number of aryl methyl sites for hydroxylation is 1. The summed E-state index contributed by atoms with van der Waals surface area (Å²) in [7, 11) is 0. The standard InChI is InChI=1S/C15H22N2O2/c1-11-4-6-12(7-5-11)14(18)10-17-15(19)9-13-3-2-8-16-13/h4-7,13-14,16,18H,2-3,8-10H2,1H3,(H,17,19). The van der Waals surface area contributed by atoms with Crippen molar-refractivity contribution in [3.8, 4) is 0 Å². The molecule has 4 nitrogen and oxygen atoms in total. The molecule has 2 unspecified atom stereocenters. The summed E-state index contributed by atoms with van der Waals surface area (Å²) in [5.74, 6) is 0.00515. The number of amides is 1. The number of hydrogen-bond donors (Lipinski definition) is 3. The van der Waals surface area contributed by atoms with Crippen LogP contribution in [0.15, 0.2) is 24.3 Å². The molecule has 0 spiro atoms. The lowest BCUT2D eigenvalue weighted by Gasteiger charge is -2.14. The number of carbonyl (C=O) groups excluding carboxylic acids is 1. The highest BCUT2D eigenvalue weighted by molar-refractivity contribution is 5.76. The van der Waals surface area contributed by atoms with Crippen molar-refractivity contribution in [2.45, 2.75) is 38.3 Å². The van der Waals surface area contributed by atoms with E-state index in [1.165, 1.54) is 0 Å². The van der Waals surface area contributed by atoms with Crippen molar-refractivity contribution in [1.82, 2.24) is 10.6 Å². The van der Waals surface area contributed by atoms with Crippen LogP contribution in [-0.2, 0) is 4.79 Å². The number of benzene rings is 1. The largest absolute Gasteiger partial charge is 0.387 e. The number of rotatable bonds is 5. The summed E-state index contributed by atoms with van der Waals surface area (Å²) < 4.78 is 0. The molecule has 19 heavy (non-hydrogen) atoms. The maximum atomic E-state index is 11.7.